The van der Waals surface area contributed by atoms with E-state index in [1.165, 1.54) is 0 Å². The molecule has 130 valence electrons. The van der Waals surface area contributed by atoms with Crippen LogP contribution in [0.15, 0.2) is 66.7 Å². The Balaban J connectivity index is 1.63. The van der Waals surface area contributed by atoms with E-state index in [9.17, 15) is 4.79 Å². The van der Waals surface area contributed by atoms with Crippen LogP contribution in [0, 0.1) is 0 Å². The van der Waals surface area contributed by atoms with Crippen molar-refractivity contribution in [2.75, 3.05) is 6.61 Å². The molecule has 1 N–H and O–H groups in total. The van der Waals surface area contributed by atoms with E-state index in [1.54, 1.807) is 12.1 Å². The average molecular weight is 337 g/mol. The predicted octanol–water partition coefficient (Wildman–Crippen LogP) is 3.65. The molecule has 0 bridgehead atoms. The van der Waals surface area contributed by atoms with E-state index >= 15 is 0 Å². The fraction of sp³-hybridized carbons (Fsp3) is 0.286. The molecule has 0 saturated carbocycles. The van der Waals surface area contributed by atoms with E-state index in [0.29, 0.717) is 12.2 Å². The highest BCUT2D eigenvalue weighted by Gasteiger charge is 2.32. The number of carbonyl (C=O) groups excluding carboxylic acids is 1. The van der Waals surface area contributed by atoms with Gasteiger partial charge in [0, 0.05) is 11.1 Å². The Bertz CT molecular complexity index is 727. The molecule has 1 amide bonds. The maximum Gasteiger partial charge on any atom is 0.251 e. The van der Waals surface area contributed by atoms with Crippen LogP contribution in [0.4, 0.5) is 0 Å². The molecule has 0 aromatic heterocycles. The molecule has 1 saturated heterocycles. The summed E-state index contributed by atoms with van der Waals surface area (Å²) in [6, 6.07) is 19.0. The van der Waals surface area contributed by atoms with Crippen molar-refractivity contribution in [1.29, 1.82) is 0 Å². The van der Waals surface area contributed by atoms with Gasteiger partial charge < -0.3 is 14.8 Å². The number of carbonyl (C=O) groups is 1. The summed E-state index contributed by atoms with van der Waals surface area (Å²) in [4.78, 5) is 12.3. The van der Waals surface area contributed by atoms with Crippen LogP contribution in [-0.4, -0.2) is 30.9 Å². The van der Waals surface area contributed by atoms with Crippen molar-refractivity contribution in [3.63, 3.8) is 0 Å². The van der Waals surface area contributed by atoms with Gasteiger partial charge in [-0.25, -0.2) is 0 Å². The molecule has 3 atom stereocenters. The van der Waals surface area contributed by atoms with Crippen LogP contribution in [0.3, 0.4) is 0 Å². The lowest BCUT2D eigenvalue weighted by atomic mass is 10.0. The van der Waals surface area contributed by atoms with E-state index in [1.807, 2.05) is 68.5 Å². The second-order valence-electron chi connectivity index (χ2n) is 6.06. The van der Waals surface area contributed by atoms with Gasteiger partial charge in [-0.3, -0.25) is 4.79 Å². The minimum absolute atomic E-state index is 0.114. The monoisotopic (exact) mass is 337 g/mol. The SMILES string of the molecule is C/C=C(/c1ccccc1)[C@@H]1OC[C@@H](NC(=O)c2ccccc2)[C@H](C)O1. The third kappa shape index (κ3) is 4.16. The highest BCUT2D eigenvalue weighted by molar-refractivity contribution is 5.94. The van der Waals surface area contributed by atoms with Crippen LogP contribution in [0.25, 0.3) is 5.57 Å². The second kappa shape index (κ2) is 8.10. The Morgan fingerprint density at radius 1 is 1.04 bits per heavy atom. The van der Waals surface area contributed by atoms with Crippen molar-refractivity contribution >= 4 is 11.5 Å². The van der Waals surface area contributed by atoms with E-state index in [4.69, 9.17) is 9.47 Å². The summed E-state index contributed by atoms with van der Waals surface area (Å²) in [5.41, 5.74) is 2.71. The number of ether oxygens (including phenoxy) is 2. The molecule has 25 heavy (non-hydrogen) atoms. The highest BCUT2D eigenvalue weighted by atomic mass is 16.7. The zero-order chi connectivity index (χ0) is 17.6. The fourth-order valence-corrected chi connectivity index (χ4v) is 2.89. The third-order valence-corrected chi connectivity index (χ3v) is 4.36. The van der Waals surface area contributed by atoms with Crippen molar-refractivity contribution in [3.8, 4) is 0 Å². The zero-order valence-corrected chi connectivity index (χ0v) is 14.5. The minimum atomic E-state index is -0.424. The Morgan fingerprint density at radius 2 is 1.64 bits per heavy atom. The fourth-order valence-electron chi connectivity index (χ4n) is 2.89. The molecular formula is C21H23NO3. The smallest absolute Gasteiger partial charge is 0.251 e. The number of benzene rings is 2. The van der Waals surface area contributed by atoms with E-state index < -0.39 is 6.29 Å². The number of hydrogen-bond donors (Lipinski definition) is 1. The molecule has 2 aromatic carbocycles. The third-order valence-electron chi connectivity index (χ3n) is 4.36. The van der Waals surface area contributed by atoms with Crippen LogP contribution in [0.1, 0.15) is 29.8 Å². The Kier molecular flexibility index (Phi) is 5.64. The van der Waals surface area contributed by atoms with E-state index in [2.05, 4.69) is 5.32 Å². The summed E-state index contributed by atoms with van der Waals surface area (Å²) in [7, 11) is 0. The number of amides is 1. The molecule has 0 unspecified atom stereocenters. The topological polar surface area (TPSA) is 47.6 Å². The molecule has 1 aliphatic rings. The van der Waals surface area contributed by atoms with Crippen molar-refractivity contribution in [2.24, 2.45) is 0 Å². The predicted molar refractivity (Wildman–Crippen MR) is 98.1 cm³/mol. The Labute approximate surface area is 148 Å². The van der Waals surface area contributed by atoms with Gasteiger partial charge >= 0.3 is 0 Å². The first kappa shape index (κ1) is 17.4. The van der Waals surface area contributed by atoms with E-state index in [0.717, 1.165) is 11.1 Å². The van der Waals surface area contributed by atoms with Gasteiger partial charge in [-0.1, -0.05) is 54.6 Å². The van der Waals surface area contributed by atoms with Gasteiger partial charge in [-0.2, -0.15) is 0 Å². The molecular weight excluding hydrogens is 314 g/mol. The van der Waals surface area contributed by atoms with Gasteiger partial charge in [0.05, 0.1) is 18.8 Å². The maximum atomic E-state index is 12.3. The summed E-state index contributed by atoms with van der Waals surface area (Å²) < 4.78 is 11.9. The summed E-state index contributed by atoms with van der Waals surface area (Å²) >= 11 is 0. The number of rotatable bonds is 4. The van der Waals surface area contributed by atoms with Crippen LogP contribution in [0.5, 0.6) is 0 Å². The number of hydrogen-bond acceptors (Lipinski definition) is 3. The first-order valence-corrected chi connectivity index (χ1v) is 8.53. The Morgan fingerprint density at radius 3 is 2.20 bits per heavy atom. The Hall–Kier alpha value is -2.43. The van der Waals surface area contributed by atoms with Gasteiger partial charge in [0.2, 0.25) is 0 Å². The molecule has 0 spiro atoms. The van der Waals surface area contributed by atoms with Crippen molar-refractivity contribution in [2.45, 2.75) is 32.3 Å². The summed E-state index contributed by atoms with van der Waals surface area (Å²) in [5.74, 6) is -0.114. The highest BCUT2D eigenvalue weighted by Crippen LogP contribution is 2.26. The largest absolute Gasteiger partial charge is 0.346 e. The molecule has 3 rings (SSSR count). The summed E-state index contributed by atoms with van der Waals surface area (Å²) in [5, 5.41) is 2.99. The van der Waals surface area contributed by atoms with Gasteiger partial charge in [0.15, 0.2) is 6.29 Å². The van der Waals surface area contributed by atoms with E-state index in [-0.39, 0.29) is 18.1 Å². The van der Waals surface area contributed by atoms with Crippen LogP contribution < -0.4 is 5.32 Å². The lowest BCUT2D eigenvalue weighted by Crippen LogP contribution is -2.52. The zero-order valence-electron chi connectivity index (χ0n) is 14.5. The van der Waals surface area contributed by atoms with Crippen LogP contribution in [0.2, 0.25) is 0 Å². The molecule has 0 aliphatic carbocycles. The number of nitrogens with one attached hydrogen (secondary N) is 1. The van der Waals surface area contributed by atoms with Crippen molar-refractivity contribution in [3.05, 3.63) is 77.9 Å². The average Bonchev–Trinajstić information content (AvgIpc) is 2.66. The maximum absolute atomic E-state index is 12.3. The van der Waals surface area contributed by atoms with Gasteiger partial charge in [-0.15, -0.1) is 0 Å². The molecule has 1 heterocycles. The van der Waals surface area contributed by atoms with Gasteiger partial charge in [0.25, 0.3) is 5.91 Å². The standard InChI is InChI=1S/C21H23NO3/c1-3-18(16-10-6-4-7-11-16)21-24-14-19(15(2)25-21)22-20(23)17-12-8-5-9-13-17/h3-13,15,19,21H,14H2,1-2H3,(H,22,23)/b18-3-/t15-,19+,21+/m0/s1. The second-order valence-corrected chi connectivity index (χ2v) is 6.06. The molecule has 4 nitrogen and oxygen atoms in total. The first-order chi connectivity index (χ1) is 12.2. The molecule has 1 fully saturated rings. The van der Waals surface area contributed by atoms with Crippen molar-refractivity contribution < 1.29 is 14.3 Å². The molecule has 1 aliphatic heterocycles. The molecule has 4 heteroatoms. The van der Waals surface area contributed by atoms with Crippen LogP contribution in [-0.2, 0) is 9.47 Å². The summed E-state index contributed by atoms with van der Waals surface area (Å²) in [6.07, 6.45) is 1.44. The lowest BCUT2D eigenvalue weighted by molar-refractivity contribution is -0.187. The molecule has 2 aromatic rings. The van der Waals surface area contributed by atoms with Gasteiger partial charge in [0.1, 0.15) is 0 Å². The lowest BCUT2D eigenvalue weighted by Gasteiger charge is -2.36. The van der Waals surface area contributed by atoms with Gasteiger partial charge in [-0.05, 0) is 31.5 Å². The van der Waals surface area contributed by atoms with Crippen LogP contribution >= 0.6 is 0 Å². The normalized spacial score (nSPS) is 23.9. The number of allylic oxidation sites excluding steroid dienone is 1. The van der Waals surface area contributed by atoms with Crippen molar-refractivity contribution in [1.82, 2.24) is 5.32 Å². The summed E-state index contributed by atoms with van der Waals surface area (Å²) in [6.45, 7) is 4.35. The minimum Gasteiger partial charge on any atom is -0.346 e. The molecule has 0 radical (unpaired) electrons. The quantitative estimate of drug-likeness (QED) is 0.926. The first-order valence-electron chi connectivity index (χ1n) is 8.53.